The average molecular weight is 238 g/mol. The van der Waals surface area contributed by atoms with Gasteiger partial charge < -0.3 is 9.30 Å². The minimum Gasteiger partial charge on any atom is -0.492 e. The maximum atomic E-state index is 5.74. The molecule has 0 aliphatic heterocycles. The van der Waals surface area contributed by atoms with Crippen LogP contribution < -0.4 is 4.74 Å². The molecule has 0 spiro atoms. The van der Waals surface area contributed by atoms with Crippen molar-refractivity contribution in [3.8, 4) is 5.75 Å². The molecular formula is C15H14N2O. The molecule has 3 aromatic rings. The Morgan fingerprint density at radius 1 is 1.06 bits per heavy atom. The Hall–Kier alpha value is -2.29. The monoisotopic (exact) mass is 238 g/mol. The Bertz CT molecular complexity index is 632. The molecule has 0 unspecified atom stereocenters. The number of ether oxygens (including phenoxy) is 1. The van der Waals surface area contributed by atoms with Crippen LogP contribution in [0.3, 0.4) is 0 Å². The van der Waals surface area contributed by atoms with Crippen LogP contribution in [0.15, 0.2) is 61.1 Å². The quantitative estimate of drug-likeness (QED) is 0.698. The fourth-order valence-corrected chi connectivity index (χ4v) is 1.93. The minimum atomic E-state index is 0.667. The van der Waals surface area contributed by atoms with Gasteiger partial charge in [-0.25, -0.2) is 0 Å². The van der Waals surface area contributed by atoms with E-state index in [0.717, 1.165) is 23.2 Å². The zero-order valence-corrected chi connectivity index (χ0v) is 9.99. The maximum absolute atomic E-state index is 5.74. The highest BCUT2D eigenvalue weighted by atomic mass is 16.5. The Morgan fingerprint density at radius 3 is 2.83 bits per heavy atom. The van der Waals surface area contributed by atoms with Gasteiger partial charge in [-0.1, -0.05) is 6.07 Å². The topological polar surface area (TPSA) is 27.1 Å². The van der Waals surface area contributed by atoms with Crippen LogP contribution in [0.4, 0.5) is 0 Å². The SMILES string of the molecule is c1cnc2ccc(OCCn3cccc3)cc2c1. The third kappa shape index (κ3) is 2.35. The van der Waals surface area contributed by atoms with Crippen LogP contribution in [0, 0.1) is 0 Å². The molecule has 0 atom stereocenters. The molecule has 18 heavy (non-hydrogen) atoms. The zero-order valence-electron chi connectivity index (χ0n) is 9.99. The Labute approximate surface area is 106 Å². The first-order valence-corrected chi connectivity index (χ1v) is 6.00. The summed E-state index contributed by atoms with van der Waals surface area (Å²) in [5.41, 5.74) is 0.996. The van der Waals surface area contributed by atoms with Gasteiger partial charge in [0.2, 0.25) is 0 Å². The molecule has 0 bridgehead atoms. The molecule has 0 saturated carbocycles. The highest BCUT2D eigenvalue weighted by molar-refractivity contribution is 5.79. The molecule has 3 nitrogen and oxygen atoms in total. The van der Waals surface area contributed by atoms with Gasteiger partial charge in [-0.15, -0.1) is 0 Å². The van der Waals surface area contributed by atoms with E-state index in [4.69, 9.17) is 4.74 Å². The van der Waals surface area contributed by atoms with Crippen LogP contribution in [0.1, 0.15) is 0 Å². The summed E-state index contributed by atoms with van der Waals surface area (Å²) in [4.78, 5) is 4.28. The second-order valence-electron chi connectivity index (χ2n) is 4.13. The van der Waals surface area contributed by atoms with Crippen molar-refractivity contribution in [1.82, 2.24) is 9.55 Å². The molecule has 0 fully saturated rings. The van der Waals surface area contributed by atoms with E-state index in [1.807, 2.05) is 54.9 Å². The van der Waals surface area contributed by atoms with E-state index in [1.54, 1.807) is 6.20 Å². The number of hydrogen-bond acceptors (Lipinski definition) is 2. The van der Waals surface area contributed by atoms with Gasteiger partial charge in [-0.2, -0.15) is 0 Å². The van der Waals surface area contributed by atoms with E-state index in [1.165, 1.54) is 0 Å². The lowest BCUT2D eigenvalue weighted by molar-refractivity contribution is 0.299. The van der Waals surface area contributed by atoms with Crippen LogP contribution in [0.2, 0.25) is 0 Å². The van der Waals surface area contributed by atoms with Crippen molar-refractivity contribution >= 4 is 10.9 Å². The van der Waals surface area contributed by atoms with Crippen molar-refractivity contribution in [2.75, 3.05) is 6.61 Å². The summed E-state index contributed by atoms with van der Waals surface area (Å²) in [5.74, 6) is 0.891. The molecular weight excluding hydrogens is 224 g/mol. The highest BCUT2D eigenvalue weighted by Gasteiger charge is 1.98. The molecule has 0 aliphatic carbocycles. The fraction of sp³-hybridized carbons (Fsp3) is 0.133. The van der Waals surface area contributed by atoms with Gasteiger partial charge in [0.05, 0.1) is 12.1 Å². The number of nitrogens with zero attached hydrogens (tertiary/aromatic N) is 2. The molecule has 2 aromatic heterocycles. The summed E-state index contributed by atoms with van der Waals surface area (Å²) in [5, 5.41) is 1.11. The van der Waals surface area contributed by atoms with Crippen LogP contribution >= 0.6 is 0 Å². The average Bonchev–Trinajstić information content (AvgIpc) is 2.92. The highest BCUT2D eigenvalue weighted by Crippen LogP contribution is 2.18. The van der Waals surface area contributed by atoms with Gasteiger partial charge in [0.1, 0.15) is 12.4 Å². The van der Waals surface area contributed by atoms with Crippen molar-refractivity contribution in [2.24, 2.45) is 0 Å². The number of aromatic nitrogens is 2. The predicted molar refractivity (Wildman–Crippen MR) is 71.7 cm³/mol. The van der Waals surface area contributed by atoms with E-state index in [2.05, 4.69) is 9.55 Å². The van der Waals surface area contributed by atoms with Crippen LogP contribution in [0.5, 0.6) is 5.75 Å². The Balaban J connectivity index is 1.67. The minimum absolute atomic E-state index is 0.667. The van der Waals surface area contributed by atoms with E-state index in [-0.39, 0.29) is 0 Å². The van der Waals surface area contributed by atoms with Crippen molar-refractivity contribution < 1.29 is 4.74 Å². The second kappa shape index (κ2) is 4.92. The van der Waals surface area contributed by atoms with E-state index in [0.29, 0.717) is 6.61 Å². The van der Waals surface area contributed by atoms with Crippen molar-refractivity contribution in [2.45, 2.75) is 6.54 Å². The number of benzene rings is 1. The third-order valence-corrected chi connectivity index (χ3v) is 2.86. The van der Waals surface area contributed by atoms with E-state index >= 15 is 0 Å². The summed E-state index contributed by atoms with van der Waals surface area (Å²) < 4.78 is 7.84. The molecule has 0 N–H and O–H groups in total. The number of fused-ring (bicyclic) bond motifs is 1. The number of rotatable bonds is 4. The normalized spacial score (nSPS) is 10.7. The van der Waals surface area contributed by atoms with Gasteiger partial charge in [-0.3, -0.25) is 4.98 Å². The lowest BCUT2D eigenvalue weighted by Crippen LogP contribution is -2.06. The molecule has 0 amide bonds. The largest absolute Gasteiger partial charge is 0.492 e. The molecule has 0 radical (unpaired) electrons. The predicted octanol–water partition coefficient (Wildman–Crippen LogP) is 3.12. The molecule has 0 saturated heterocycles. The van der Waals surface area contributed by atoms with Gasteiger partial charge in [0, 0.05) is 24.0 Å². The third-order valence-electron chi connectivity index (χ3n) is 2.86. The van der Waals surface area contributed by atoms with Crippen molar-refractivity contribution in [3.63, 3.8) is 0 Å². The van der Waals surface area contributed by atoms with Crippen LogP contribution in [0.25, 0.3) is 10.9 Å². The summed E-state index contributed by atoms with van der Waals surface area (Å²) >= 11 is 0. The molecule has 2 heterocycles. The standard InChI is InChI=1S/C15H14N2O/c1-2-9-17(8-1)10-11-18-14-5-6-15-13(12-14)4-3-7-16-15/h1-9,12H,10-11H2. The summed E-state index contributed by atoms with van der Waals surface area (Å²) in [6.45, 7) is 1.53. The molecule has 1 aromatic carbocycles. The fourth-order valence-electron chi connectivity index (χ4n) is 1.93. The van der Waals surface area contributed by atoms with Gasteiger partial charge in [0.15, 0.2) is 0 Å². The van der Waals surface area contributed by atoms with Crippen molar-refractivity contribution in [3.05, 3.63) is 61.1 Å². The van der Waals surface area contributed by atoms with Crippen molar-refractivity contribution in [1.29, 1.82) is 0 Å². The summed E-state index contributed by atoms with van der Waals surface area (Å²) in [7, 11) is 0. The lowest BCUT2D eigenvalue weighted by Gasteiger charge is -2.07. The number of pyridine rings is 1. The molecule has 3 rings (SSSR count). The van der Waals surface area contributed by atoms with Crippen LogP contribution in [-0.2, 0) is 6.54 Å². The first-order valence-electron chi connectivity index (χ1n) is 6.00. The molecule has 90 valence electrons. The lowest BCUT2D eigenvalue weighted by atomic mass is 10.2. The maximum Gasteiger partial charge on any atom is 0.120 e. The number of hydrogen-bond donors (Lipinski definition) is 0. The van der Waals surface area contributed by atoms with E-state index in [9.17, 15) is 0 Å². The zero-order chi connectivity index (χ0) is 12.2. The van der Waals surface area contributed by atoms with Gasteiger partial charge in [0.25, 0.3) is 0 Å². The Kier molecular flexibility index (Phi) is 2.96. The first kappa shape index (κ1) is 10.8. The van der Waals surface area contributed by atoms with Crippen LogP contribution in [-0.4, -0.2) is 16.2 Å². The smallest absolute Gasteiger partial charge is 0.120 e. The molecule has 0 aliphatic rings. The summed E-state index contributed by atoms with van der Waals surface area (Å²) in [6, 6.07) is 14.0. The van der Waals surface area contributed by atoms with E-state index < -0.39 is 0 Å². The van der Waals surface area contributed by atoms with Gasteiger partial charge in [-0.05, 0) is 36.4 Å². The van der Waals surface area contributed by atoms with Gasteiger partial charge >= 0.3 is 0 Å². The molecule has 3 heteroatoms. The second-order valence-corrected chi connectivity index (χ2v) is 4.13. The first-order chi connectivity index (χ1) is 8.92. The summed E-state index contributed by atoms with van der Waals surface area (Å²) in [6.07, 6.45) is 5.87. The Morgan fingerprint density at radius 2 is 1.94 bits per heavy atom.